The molecular weight excluding hydrogens is 280 g/mol. The average molecular weight is 304 g/mol. The van der Waals surface area contributed by atoms with Gasteiger partial charge in [-0.25, -0.2) is 5.43 Å². The quantitative estimate of drug-likeness (QED) is 0.835. The molecule has 6 heteroatoms. The molecule has 0 saturated heterocycles. The molecule has 0 radical (unpaired) electrons. The minimum Gasteiger partial charge on any atom is -0.473 e. The van der Waals surface area contributed by atoms with Gasteiger partial charge in [0.25, 0.3) is 5.91 Å². The van der Waals surface area contributed by atoms with Crippen LogP contribution in [0.1, 0.15) is 36.4 Å². The normalized spacial score (nSPS) is 16.6. The lowest BCUT2D eigenvalue weighted by molar-refractivity contribution is -0.116. The van der Waals surface area contributed by atoms with Crippen molar-refractivity contribution in [1.29, 1.82) is 0 Å². The molecule has 0 atom stereocenters. The van der Waals surface area contributed by atoms with Crippen LogP contribution in [0.4, 0.5) is 0 Å². The molecule has 0 bridgehead atoms. The number of rotatable bonds is 4. The Morgan fingerprint density at radius 1 is 1.32 bits per heavy atom. The van der Waals surface area contributed by atoms with Crippen LogP contribution in [0.15, 0.2) is 10.7 Å². The summed E-state index contributed by atoms with van der Waals surface area (Å²) in [5.41, 5.74) is 7.32. The second-order valence-corrected chi connectivity index (χ2v) is 6.09. The maximum Gasteiger partial charge on any atom is 0.277 e. The van der Waals surface area contributed by atoms with E-state index in [-0.39, 0.29) is 12.0 Å². The number of carbonyl (C=O) groups is 1. The second-order valence-electron chi connectivity index (χ2n) is 6.09. The molecule has 1 aromatic heterocycles. The molecule has 2 heterocycles. The number of amides is 1. The Morgan fingerprint density at radius 3 is 2.59 bits per heavy atom. The smallest absolute Gasteiger partial charge is 0.277 e. The number of H-pyrrole nitrogens is 1. The average Bonchev–Trinajstić information content (AvgIpc) is 2.86. The van der Waals surface area contributed by atoms with Gasteiger partial charge in [-0.1, -0.05) is 0 Å². The van der Waals surface area contributed by atoms with Gasteiger partial charge in [-0.05, 0) is 59.0 Å². The van der Waals surface area contributed by atoms with Crippen molar-refractivity contribution in [3.05, 3.63) is 28.1 Å². The largest absolute Gasteiger partial charge is 0.473 e. The highest BCUT2D eigenvalue weighted by atomic mass is 16.5. The van der Waals surface area contributed by atoms with E-state index in [1.807, 2.05) is 40.9 Å². The van der Waals surface area contributed by atoms with Gasteiger partial charge in [0, 0.05) is 17.9 Å². The van der Waals surface area contributed by atoms with Crippen LogP contribution in [-0.2, 0) is 16.1 Å². The first kappa shape index (κ1) is 16.3. The predicted molar refractivity (Wildman–Crippen MR) is 87.4 cm³/mol. The van der Waals surface area contributed by atoms with Crippen molar-refractivity contribution in [2.45, 2.75) is 40.3 Å². The summed E-state index contributed by atoms with van der Waals surface area (Å²) in [5, 5.41) is 3.95. The van der Waals surface area contributed by atoms with E-state index in [1.54, 1.807) is 0 Å². The minimum absolute atomic E-state index is 0.0365. The molecule has 0 unspecified atom stereocenters. The number of hydrazone groups is 1. The number of aromatic amines is 1. The van der Waals surface area contributed by atoms with Crippen LogP contribution in [0.3, 0.4) is 0 Å². The number of hydrogen-bond acceptors (Lipinski definition) is 4. The molecule has 0 saturated carbocycles. The Kier molecular flexibility index (Phi) is 4.71. The van der Waals surface area contributed by atoms with E-state index in [1.165, 1.54) is 5.56 Å². The Balaban J connectivity index is 2.36. The van der Waals surface area contributed by atoms with Gasteiger partial charge in [-0.15, -0.1) is 5.10 Å². The van der Waals surface area contributed by atoms with E-state index in [0.29, 0.717) is 11.5 Å². The standard InChI is InChI=1S/C16H24N4O2/c1-9(2)22-16-12(15(21)18-19-16)7-14-10(3)13(8-20(5)6)11(4)17-14/h7,9,17H,8H2,1-6H3,(H,18,21)/b12-7-. The molecule has 6 nitrogen and oxygen atoms in total. The number of hydrogen-bond donors (Lipinski definition) is 2. The fraction of sp³-hybridized carbons (Fsp3) is 0.500. The highest BCUT2D eigenvalue weighted by Crippen LogP contribution is 2.22. The highest BCUT2D eigenvalue weighted by Gasteiger charge is 2.26. The van der Waals surface area contributed by atoms with E-state index in [0.717, 1.165) is 23.5 Å². The first-order chi connectivity index (χ1) is 10.3. The molecule has 2 N–H and O–H groups in total. The molecule has 1 aliphatic rings. The highest BCUT2D eigenvalue weighted by molar-refractivity contribution is 6.24. The number of carbonyl (C=O) groups excluding carboxylic acids is 1. The van der Waals surface area contributed by atoms with Crippen LogP contribution >= 0.6 is 0 Å². The van der Waals surface area contributed by atoms with Crippen molar-refractivity contribution >= 4 is 17.9 Å². The Morgan fingerprint density at radius 2 is 2.00 bits per heavy atom. The van der Waals surface area contributed by atoms with Crippen LogP contribution in [0, 0.1) is 13.8 Å². The summed E-state index contributed by atoms with van der Waals surface area (Å²) in [6.07, 6.45) is 1.77. The molecular formula is C16H24N4O2. The molecule has 0 fully saturated rings. The molecule has 22 heavy (non-hydrogen) atoms. The number of ether oxygens (including phenoxy) is 1. The van der Waals surface area contributed by atoms with E-state index in [4.69, 9.17) is 4.74 Å². The predicted octanol–water partition coefficient (Wildman–Crippen LogP) is 1.94. The fourth-order valence-electron chi connectivity index (χ4n) is 2.42. The van der Waals surface area contributed by atoms with Crippen molar-refractivity contribution in [2.24, 2.45) is 5.10 Å². The van der Waals surface area contributed by atoms with E-state index in [2.05, 4.69) is 27.3 Å². The summed E-state index contributed by atoms with van der Waals surface area (Å²) in [4.78, 5) is 17.4. The Bertz CT molecular complexity index is 639. The topological polar surface area (TPSA) is 69.7 Å². The SMILES string of the molecule is Cc1[nH]c(/C=C2/C(=O)NN=C2OC(C)C)c(C)c1CN(C)C. The van der Waals surface area contributed by atoms with Crippen molar-refractivity contribution in [1.82, 2.24) is 15.3 Å². The summed E-state index contributed by atoms with van der Waals surface area (Å²) >= 11 is 0. The van der Waals surface area contributed by atoms with Crippen LogP contribution in [0.5, 0.6) is 0 Å². The van der Waals surface area contributed by atoms with Gasteiger partial charge in [0.1, 0.15) is 5.57 Å². The summed E-state index contributed by atoms with van der Waals surface area (Å²) in [7, 11) is 4.07. The van der Waals surface area contributed by atoms with Gasteiger partial charge < -0.3 is 14.6 Å². The van der Waals surface area contributed by atoms with Crippen molar-refractivity contribution < 1.29 is 9.53 Å². The first-order valence-electron chi connectivity index (χ1n) is 7.39. The molecule has 1 aliphatic heterocycles. The lowest BCUT2D eigenvalue weighted by Gasteiger charge is -2.10. The van der Waals surface area contributed by atoms with Crippen molar-refractivity contribution in [2.75, 3.05) is 14.1 Å². The number of nitrogens with zero attached hydrogens (tertiary/aromatic N) is 2. The second kappa shape index (κ2) is 6.36. The maximum absolute atomic E-state index is 12.0. The van der Waals surface area contributed by atoms with Crippen LogP contribution < -0.4 is 5.43 Å². The van der Waals surface area contributed by atoms with Crippen LogP contribution in [-0.4, -0.2) is 41.9 Å². The summed E-state index contributed by atoms with van der Waals surface area (Å²) in [6, 6.07) is 0. The molecule has 2 rings (SSSR count). The Hall–Kier alpha value is -2.08. The fourth-order valence-corrected chi connectivity index (χ4v) is 2.42. The van der Waals surface area contributed by atoms with Gasteiger partial charge in [0.15, 0.2) is 0 Å². The lowest BCUT2D eigenvalue weighted by Crippen LogP contribution is -2.16. The monoisotopic (exact) mass is 304 g/mol. The zero-order valence-corrected chi connectivity index (χ0v) is 14.1. The Labute approximate surface area is 131 Å². The third-order valence-corrected chi connectivity index (χ3v) is 3.48. The van der Waals surface area contributed by atoms with Gasteiger partial charge in [0.05, 0.1) is 6.10 Å². The summed E-state index contributed by atoms with van der Waals surface area (Å²) in [6.45, 7) is 8.77. The number of nitrogens with one attached hydrogen (secondary N) is 2. The van der Waals surface area contributed by atoms with E-state index < -0.39 is 0 Å². The van der Waals surface area contributed by atoms with Gasteiger partial charge in [-0.2, -0.15) is 0 Å². The van der Waals surface area contributed by atoms with Gasteiger partial charge in [-0.3, -0.25) is 4.79 Å². The van der Waals surface area contributed by atoms with Crippen molar-refractivity contribution in [3.63, 3.8) is 0 Å². The zero-order valence-electron chi connectivity index (χ0n) is 14.1. The zero-order chi connectivity index (χ0) is 16.4. The third kappa shape index (κ3) is 3.39. The summed E-state index contributed by atoms with van der Waals surface area (Å²) in [5.74, 6) is 0.109. The van der Waals surface area contributed by atoms with Gasteiger partial charge >= 0.3 is 0 Å². The number of aromatic nitrogens is 1. The molecule has 120 valence electrons. The van der Waals surface area contributed by atoms with Crippen LogP contribution in [0.25, 0.3) is 6.08 Å². The molecule has 1 aromatic rings. The molecule has 0 aromatic carbocycles. The maximum atomic E-state index is 12.0. The van der Waals surface area contributed by atoms with Crippen molar-refractivity contribution in [3.8, 4) is 0 Å². The van der Waals surface area contributed by atoms with E-state index in [9.17, 15) is 4.79 Å². The minimum atomic E-state index is -0.239. The summed E-state index contributed by atoms with van der Waals surface area (Å²) < 4.78 is 5.58. The third-order valence-electron chi connectivity index (χ3n) is 3.48. The van der Waals surface area contributed by atoms with Crippen LogP contribution in [0.2, 0.25) is 0 Å². The molecule has 0 aliphatic carbocycles. The molecule has 1 amide bonds. The number of aryl methyl sites for hydroxylation is 1. The lowest BCUT2D eigenvalue weighted by atomic mass is 10.1. The molecule has 0 spiro atoms. The van der Waals surface area contributed by atoms with Gasteiger partial charge in [0.2, 0.25) is 5.90 Å². The first-order valence-corrected chi connectivity index (χ1v) is 7.39. The van der Waals surface area contributed by atoms with E-state index >= 15 is 0 Å².